The second-order valence-corrected chi connectivity index (χ2v) is 6.11. The van der Waals surface area contributed by atoms with Gasteiger partial charge < -0.3 is 10.6 Å². The molecule has 1 aromatic rings. The number of benzene rings is 1. The molecule has 1 unspecified atom stereocenters. The molecule has 1 amide bonds. The Morgan fingerprint density at radius 2 is 1.81 bits per heavy atom. The van der Waals surface area contributed by atoms with Crippen molar-refractivity contribution in [2.75, 3.05) is 20.1 Å². The van der Waals surface area contributed by atoms with E-state index in [1.165, 1.54) is 5.56 Å². The molecule has 0 radical (unpaired) electrons. The standard InChI is InChI=1S/C17H27ClN2O/c1-5-17(6-2,14-7-9-15(18)10-8-14)12-20-16(21)13(3)11-19-4/h7-10,13,19H,5-6,11-12H2,1-4H3,(H,20,21). The fraction of sp³-hybridized carbons (Fsp3) is 0.588. The molecule has 1 rings (SSSR count). The molecular formula is C17H27ClN2O. The van der Waals surface area contributed by atoms with Crippen molar-refractivity contribution in [1.29, 1.82) is 0 Å². The topological polar surface area (TPSA) is 41.1 Å². The summed E-state index contributed by atoms with van der Waals surface area (Å²) in [4.78, 5) is 12.1. The summed E-state index contributed by atoms with van der Waals surface area (Å²) >= 11 is 5.98. The second-order valence-electron chi connectivity index (χ2n) is 5.67. The van der Waals surface area contributed by atoms with E-state index in [-0.39, 0.29) is 17.2 Å². The van der Waals surface area contributed by atoms with Crippen LogP contribution in [0, 0.1) is 5.92 Å². The lowest BCUT2D eigenvalue weighted by Crippen LogP contribution is -2.43. The van der Waals surface area contributed by atoms with E-state index in [0.717, 1.165) is 17.9 Å². The van der Waals surface area contributed by atoms with Crippen LogP contribution in [0.4, 0.5) is 0 Å². The molecule has 0 aromatic heterocycles. The first-order valence-electron chi connectivity index (χ1n) is 7.67. The van der Waals surface area contributed by atoms with Gasteiger partial charge in [-0.25, -0.2) is 0 Å². The Labute approximate surface area is 133 Å². The third kappa shape index (κ3) is 4.72. The predicted molar refractivity (Wildman–Crippen MR) is 89.8 cm³/mol. The van der Waals surface area contributed by atoms with Crippen LogP contribution < -0.4 is 10.6 Å². The first-order chi connectivity index (χ1) is 9.99. The lowest BCUT2D eigenvalue weighted by Gasteiger charge is -2.33. The molecule has 3 nitrogen and oxygen atoms in total. The summed E-state index contributed by atoms with van der Waals surface area (Å²) in [5.41, 5.74) is 1.21. The molecule has 0 fully saturated rings. The van der Waals surface area contributed by atoms with Crippen LogP contribution in [0.1, 0.15) is 39.2 Å². The maximum atomic E-state index is 12.1. The average Bonchev–Trinajstić information content (AvgIpc) is 2.50. The van der Waals surface area contributed by atoms with Gasteiger partial charge >= 0.3 is 0 Å². The summed E-state index contributed by atoms with van der Waals surface area (Å²) in [7, 11) is 1.86. The van der Waals surface area contributed by atoms with E-state index in [4.69, 9.17) is 11.6 Å². The van der Waals surface area contributed by atoms with Gasteiger partial charge in [-0.2, -0.15) is 0 Å². The molecule has 1 atom stereocenters. The highest BCUT2D eigenvalue weighted by Crippen LogP contribution is 2.31. The second kappa shape index (κ2) is 8.40. The van der Waals surface area contributed by atoms with Crippen LogP contribution in [0.15, 0.2) is 24.3 Å². The number of hydrogen-bond acceptors (Lipinski definition) is 2. The molecule has 21 heavy (non-hydrogen) atoms. The van der Waals surface area contributed by atoms with Crippen LogP contribution in [0.3, 0.4) is 0 Å². The van der Waals surface area contributed by atoms with E-state index < -0.39 is 0 Å². The van der Waals surface area contributed by atoms with Crippen molar-refractivity contribution in [3.05, 3.63) is 34.9 Å². The summed E-state index contributed by atoms with van der Waals surface area (Å²) in [5.74, 6) is 0.0798. The van der Waals surface area contributed by atoms with Crippen molar-refractivity contribution in [2.24, 2.45) is 5.92 Å². The lowest BCUT2D eigenvalue weighted by atomic mass is 9.75. The summed E-state index contributed by atoms with van der Waals surface area (Å²) in [6.07, 6.45) is 1.96. The Balaban J connectivity index is 2.81. The number of nitrogens with one attached hydrogen (secondary N) is 2. The molecule has 0 heterocycles. The molecule has 0 aliphatic carbocycles. The highest BCUT2D eigenvalue weighted by Gasteiger charge is 2.29. The van der Waals surface area contributed by atoms with E-state index in [0.29, 0.717) is 13.1 Å². The fourth-order valence-corrected chi connectivity index (χ4v) is 2.77. The van der Waals surface area contributed by atoms with Crippen molar-refractivity contribution in [3.8, 4) is 0 Å². The number of rotatable bonds is 8. The van der Waals surface area contributed by atoms with Gasteiger partial charge in [0.15, 0.2) is 0 Å². The molecule has 4 heteroatoms. The van der Waals surface area contributed by atoms with E-state index in [1.807, 2.05) is 26.1 Å². The molecule has 0 saturated heterocycles. The number of carbonyl (C=O) groups is 1. The molecule has 118 valence electrons. The average molecular weight is 311 g/mol. The van der Waals surface area contributed by atoms with Crippen LogP contribution in [0.2, 0.25) is 5.02 Å². The maximum absolute atomic E-state index is 12.1. The van der Waals surface area contributed by atoms with Gasteiger partial charge in [0.2, 0.25) is 5.91 Å². The smallest absolute Gasteiger partial charge is 0.224 e. The van der Waals surface area contributed by atoms with Gasteiger partial charge in [-0.3, -0.25) is 4.79 Å². The van der Waals surface area contributed by atoms with Crippen molar-refractivity contribution < 1.29 is 4.79 Å². The van der Waals surface area contributed by atoms with Gasteiger partial charge in [-0.15, -0.1) is 0 Å². The third-order valence-electron chi connectivity index (χ3n) is 4.37. The molecule has 0 bridgehead atoms. The van der Waals surface area contributed by atoms with E-state index >= 15 is 0 Å². The summed E-state index contributed by atoms with van der Waals surface area (Å²) in [5, 5.41) is 6.89. The van der Waals surface area contributed by atoms with Gasteiger partial charge in [0.25, 0.3) is 0 Å². The summed E-state index contributed by atoms with van der Waals surface area (Å²) in [6, 6.07) is 7.97. The van der Waals surface area contributed by atoms with Gasteiger partial charge in [-0.05, 0) is 37.6 Å². The Kier molecular flexibility index (Phi) is 7.20. The van der Waals surface area contributed by atoms with Crippen molar-refractivity contribution >= 4 is 17.5 Å². The minimum atomic E-state index is -0.0282. The minimum absolute atomic E-state index is 0.0216. The molecular weight excluding hydrogens is 284 g/mol. The zero-order chi connectivity index (χ0) is 15.9. The van der Waals surface area contributed by atoms with Crippen LogP contribution >= 0.6 is 11.6 Å². The molecule has 0 aliphatic heterocycles. The highest BCUT2D eigenvalue weighted by atomic mass is 35.5. The Morgan fingerprint density at radius 3 is 2.29 bits per heavy atom. The Bertz CT molecular complexity index is 441. The first kappa shape index (κ1) is 18.0. The van der Waals surface area contributed by atoms with E-state index in [2.05, 4.69) is 36.6 Å². The van der Waals surface area contributed by atoms with Crippen LogP contribution in [-0.4, -0.2) is 26.0 Å². The molecule has 2 N–H and O–H groups in total. The van der Waals surface area contributed by atoms with Crippen molar-refractivity contribution in [2.45, 2.75) is 39.0 Å². The molecule has 0 saturated carbocycles. The van der Waals surface area contributed by atoms with Gasteiger partial charge in [-0.1, -0.05) is 44.5 Å². The SMILES string of the molecule is CCC(CC)(CNC(=O)C(C)CNC)c1ccc(Cl)cc1. The normalized spacial score (nSPS) is 13.0. The van der Waals surface area contributed by atoms with Crippen LogP contribution in [0.5, 0.6) is 0 Å². The van der Waals surface area contributed by atoms with Crippen LogP contribution in [-0.2, 0) is 10.2 Å². The zero-order valence-electron chi connectivity index (χ0n) is 13.5. The number of carbonyl (C=O) groups excluding carboxylic acids is 1. The number of hydrogen-bond donors (Lipinski definition) is 2. The van der Waals surface area contributed by atoms with E-state index in [9.17, 15) is 4.79 Å². The summed E-state index contributed by atoms with van der Waals surface area (Å²) in [6.45, 7) is 7.63. The maximum Gasteiger partial charge on any atom is 0.224 e. The number of halogens is 1. The Morgan fingerprint density at radius 1 is 1.24 bits per heavy atom. The predicted octanol–water partition coefficient (Wildman–Crippen LogP) is 3.37. The Hall–Kier alpha value is -1.06. The molecule has 0 aliphatic rings. The first-order valence-corrected chi connectivity index (χ1v) is 8.05. The van der Waals surface area contributed by atoms with Crippen LogP contribution in [0.25, 0.3) is 0 Å². The third-order valence-corrected chi connectivity index (χ3v) is 4.62. The van der Waals surface area contributed by atoms with Crippen molar-refractivity contribution in [3.63, 3.8) is 0 Å². The van der Waals surface area contributed by atoms with Crippen molar-refractivity contribution in [1.82, 2.24) is 10.6 Å². The molecule has 0 spiro atoms. The summed E-state index contributed by atoms with van der Waals surface area (Å²) < 4.78 is 0. The quantitative estimate of drug-likeness (QED) is 0.773. The zero-order valence-corrected chi connectivity index (χ0v) is 14.3. The minimum Gasteiger partial charge on any atom is -0.355 e. The monoisotopic (exact) mass is 310 g/mol. The van der Waals surface area contributed by atoms with Gasteiger partial charge in [0.05, 0.1) is 0 Å². The largest absolute Gasteiger partial charge is 0.355 e. The van der Waals surface area contributed by atoms with E-state index in [1.54, 1.807) is 0 Å². The lowest BCUT2D eigenvalue weighted by molar-refractivity contribution is -0.124. The number of amides is 1. The van der Waals surface area contributed by atoms with Gasteiger partial charge in [0.1, 0.15) is 0 Å². The van der Waals surface area contributed by atoms with Gasteiger partial charge in [0, 0.05) is 29.4 Å². The molecule has 1 aromatic carbocycles. The highest BCUT2D eigenvalue weighted by molar-refractivity contribution is 6.30. The fourth-order valence-electron chi connectivity index (χ4n) is 2.64.